The molecule has 1 atom stereocenters. The maximum absolute atomic E-state index is 11.2. The molecule has 0 radical (unpaired) electrons. The molecule has 2 rings (SSSR count). The van der Waals surface area contributed by atoms with Crippen LogP contribution in [0.25, 0.3) is 0 Å². The first-order valence-corrected chi connectivity index (χ1v) is 13.6. The van der Waals surface area contributed by atoms with Crippen molar-refractivity contribution >= 4 is 24.4 Å². The second-order valence-corrected chi connectivity index (χ2v) is 12.5. The van der Waals surface area contributed by atoms with E-state index in [-0.39, 0.29) is 12.6 Å². The van der Waals surface area contributed by atoms with Crippen molar-refractivity contribution in [3.8, 4) is 0 Å². The van der Waals surface area contributed by atoms with Gasteiger partial charge in [-0.2, -0.15) is 0 Å². The lowest BCUT2D eigenvalue weighted by atomic mass is 10.1. The second-order valence-electron chi connectivity index (χ2n) is 8.19. The molecule has 29 heavy (non-hydrogen) atoms. The van der Waals surface area contributed by atoms with E-state index in [0.29, 0.717) is 6.61 Å². The van der Waals surface area contributed by atoms with Gasteiger partial charge in [0.25, 0.3) is 0 Å². The molecule has 4 heteroatoms. The smallest absolute Gasteiger partial charge is 0.302 e. The van der Waals surface area contributed by atoms with Crippen LogP contribution >= 0.6 is 0 Å². The fraction of sp³-hybridized carbons (Fsp3) is 0.480. The molecular formula is C25H36O3Si. The number of benzene rings is 2. The summed E-state index contributed by atoms with van der Waals surface area (Å²) in [6.07, 6.45) is 7.73. The van der Waals surface area contributed by atoms with Crippen molar-refractivity contribution in [1.29, 1.82) is 0 Å². The number of ether oxygens (including phenoxy) is 1. The second kappa shape index (κ2) is 11.9. The van der Waals surface area contributed by atoms with Gasteiger partial charge in [0, 0.05) is 6.92 Å². The maximum atomic E-state index is 11.2. The monoisotopic (exact) mass is 412 g/mol. The lowest BCUT2D eigenvalue weighted by molar-refractivity contribution is -0.142. The van der Waals surface area contributed by atoms with E-state index in [0.717, 1.165) is 11.1 Å². The van der Waals surface area contributed by atoms with Crippen molar-refractivity contribution in [2.45, 2.75) is 78.2 Å². The number of unbranched alkanes of at least 4 members (excludes halogenated alkanes) is 5. The zero-order chi connectivity index (χ0) is 21.1. The third kappa shape index (κ3) is 7.13. The molecule has 0 amide bonds. The molecule has 3 nitrogen and oxygen atoms in total. The molecule has 2 aromatic rings. The minimum Gasteiger partial charge on any atom is -0.461 e. The number of aliphatic hydroxyl groups excluding tert-OH is 1. The molecule has 158 valence electrons. The van der Waals surface area contributed by atoms with E-state index in [1.807, 2.05) is 12.1 Å². The van der Waals surface area contributed by atoms with Crippen molar-refractivity contribution in [2.24, 2.45) is 0 Å². The highest BCUT2D eigenvalue weighted by Crippen LogP contribution is 2.19. The van der Waals surface area contributed by atoms with E-state index >= 15 is 0 Å². The highest BCUT2D eigenvalue weighted by Gasteiger charge is 2.31. The van der Waals surface area contributed by atoms with E-state index in [1.165, 1.54) is 61.9 Å². The van der Waals surface area contributed by atoms with Crippen LogP contribution in [-0.2, 0) is 22.7 Å². The van der Waals surface area contributed by atoms with Gasteiger partial charge in [-0.15, -0.1) is 0 Å². The quantitative estimate of drug-likeness (QED) is 0.310. The summed E-state index contributed by atoms with van der Waals surface area (Å²) in [5.74, 6) is -0.252. The van der Waals surface area contributed by atoms with E-state index in [1.54, 1.807) is 0 Å². The fourth-order valence-corrected chi connectivity index (χ4v) is 7.72. The largest absolute Gasteiger partial charge is 0.461 e. The van der Waals surface area contributed by atoms with Crippen LogP contribution in [0, 0.1) is 0 Å². The Morgan fingerprint density at radius 1 is 0.931 bits per heavy atom. The predicted octanol–water partition coefficient (Wildman–Crippen LogP) is 4.80. The molecule has 1 N–H and O–H groups in total. The van der Waals surface area contributed by atoms with Gasteiger partial charge in [0.1, 0.15) is 14.7 Å². The molecule has 0 fully saturated rings. The van der Waals surface area contributed by atoms with Gasteiger partial charge in [-0.25, -0.2) is 0 Å². The Balaban J connectivity index is 2.26. The Hall–Kier alpha value is -1.91. The average Bonchev–Trinajstić information content (AvgIpc) is 2.74. The van der Waals surface area contributed by atoms with Crippen LogP contribution in [0.5, 0.6) is 0 Å². The summed E-state index contributed by atoms with van der Waals surface area (Å²) in [4.78, 5) is 11.2. The molecule has 0 saturated carbocycles. The summed E-state index contributed by atoms with van der Waals surface area (Å²) in [6.45, 7) is 6.52. The van der Waals surface area contributed by atoms with Crippen molar-refractivity contribution < 1.29 is 14.6 Å². The van der Waals surface area contributed by atoms with Crippen LogP contribution in [0.3, 0.4) is 0 Å². The van der Waals surface area contributed by atoms with Crippen LogP contribution in [-0.4, -0.2) is 19.1 Å². The van der Waals surface area contributed by atoms with Gasteiger partial charge < -0.3 is 9.84 Å². The van der Waals surface area contributed by atoms with Crippen LogP contribution in [0.2, 0.25) is 12.6 Å². The van der Waals surface area contributed by atoms with Gasteiger partial charge in [0.2, 0.25) is 0 Å². The SMILES string of the molecule is CCCCCCCC[Si@@](C)(c1cccc(CO)c1)c1cccc(COC(C)=O)c1. The number of carbonyl (C=O) groups excluding carboxylic acids is 1. The molecule has 0 aromatic heterocycles. The van der Waals surface area contributed by atoms with E-state index in [4.69, 9.17) is 4.74 Å². The normalized spacial score (nSPS) is 13.1. The molecular weight excluding hydrogens is 376 g/mol. The Kier molecular flexibility index (Phi) is 9.62. The Morgan fingerprint density at radius 2 is 1.52 bits per heavy atom. The van der Waals surface area contributed by atoms with Gasteiger partial charge in [-0.1, -0.05) is 111 Å². The van der Waals surface area contributed by atoms with E-state index in [9.17, 15) is 9.90 Å². The van der Waals surface area contributed by atoms with Crippen molar-refractivity contribution in [3.05, 3.63) is 59.7 Å². The zero-order valence-corrected chi connectivity index (χ0v) is 19.2. The third-order valence-electron chi connectivity index (χ3n) is 5.78. The molecule has 0 aliphatic heterocycles. The number of esters is 1. The molecule has 0 unspecified atom stereocenters. The lowest BCUT2D eigenvalue weighted by Crippen LogP contribution is -2.55. The maximum Gasteiger partial charge on any atom is 0.302 e. The minimum absolute atomic E-state index is 0.0713. The molecule has 0 saturated heterocycles. The van der Waals surface area contributed by atoms with E-state index in [2.05, 4.69) is 49.9 Å². The summed E-state index contributed by atoms with van der Waals surface area (Å²) in [6, 6.07) is 18.2. The fourth-order valence-electron chi connectivity index (χ4n) is 3.92. The van der Waals surface area contributed by atoms with Gasteiger partial charge in [0.05, 0.1) is 6.61 Å². The predicted molar refractivity (Wildman–Crippen MR) is 123 cm³/mol. The highest BCUT2D eigenvalue weighted by atomic mass is 28.3. The highest BCUT2D eigenvalue weighted by molar-refractivity contribution is 7.01. The summed E-state index contributed by atoms with van der Waals surface area (Å²) >= 11 is 0. The number of aliphatic hydroxyl groups is 1. The van der Waals surface area contributed by atoms with Gasteiger partial charge in [-0.3, -0.25) is 4.79 Å². The first-order valence-electron chi connectivity index (χ1n) is 10.9. The van der Waals surface area contributed by atoms with Gasteiger partial charge in [0.15, 0.2) is 0 Å². The first kappa shape index (κ1) is 23.4. The van der Waals surface area contributed by atoms with Crippen LogP contribution in [0.1, 0.15) is 63.5 Å². The molecule has 0 bridgehead atoms. The van der Waals surface area contributed by atoms with Crippen molar-refractivity contribution in [1.82, 2.24) is 0 Å². The number of carbonyl (C=O) groups is 1. The van der Waals surface area contributed by atoms with E-state index < -0.39 is 8.07 Å². The molecule has 2 aromatic carbocycles. The minimum atomic E-state index is -1.96. The lowest BCUT2D eigenvalue weighted by Gasteiger charge is -2.30. The Labute approximate surface area is 177 Å². The third-order valence-corrected chi connectivity index (χ3v) is 10.3. The van der Waals surface area contributed by atoms with Crippen LogP contribution in [0.4, 0.5) is 0 Å². The van der Waals surface area contributed by atoms with Gasteiger partial charge >= 0.3 is 5.97 Å². The molecule has 0 heterocycles. The van der Waals surface area contributed by atoms with Crippen molar-refractivity contribution in [2.75, 3.05) is 0 Å². The van der Waals surface area contributed by atoms with Crippen molar-refractivity contribution in [3.63, 3.8) is 0 Å². The number of hydrogen-bond donors (Lipinski definition) is 1. The molecule has 0 spiro atoms. The van der Waals surface area contributed by atoms with Gasteiger partial charge in [-0.05, 0) is 17.2 Å². The standard InChI is InChI=1S/C25H36O3Si/c1-4-5-6-7-8-9-16-29(3,24-14-10-12-22(17-24)19-26)25-15-11-13-23(18-25)20-28-21(2)27/h10-15,17-18,26H,4-9,16,19-20H2,1-3H3/t29-/m0/s1. The number of rotatable bonds is 12. The summed E-state index contributed by atoms with van der Waals surface area (Å²) < 4.78 is 5.22. The first-order chi connectivity index (χ1) is 14.0. The topological polar surface area (TPSA) is 46.5 Å². The summed E-state index contributed by atoms with van der Waals surface area (Å²) in [7, 11) is -1.96. The summed E-state index contributed by atoms with van der Waals surface area (Å²) in [5, 5.41) is 12.4. The van der Waals surface area contributed by atoms with Crippen LogP contribution < -0.4 is 10.4 Å². The Morgan fingerprint density at radius 3 is 2.14 bits per heavy atom. The summed E-state index contributed by atoms with van der Waals surface area (Å²) in [5.41, 5.74) is 2.01. The number of hydrogen-bond acceptors (Lipinski definition) is 3. The van der Waals surface area contributed by atoms with Crippen LogP contribution in [0.15, 0.2) is 48.5 Å². The zero-order valence-electron chi connectivity index (χ0n) is 18.2. The molecule has 0 aliphatic rings. The average molecular weight is 413 g/mol. The molecule has 0 aliphatic carbocycles. The Bertz CT molecular complexity index is 774.